The van der Waals surface area contributed by atoms with Gasteiger partial charge in [0.25, 0.3) is 0 Å². The molecule has 0 radical (unpaired) electrons. The summed E-state index contributed by atoms with van der Waals surface area (Å²) in [4.78, 5) is 23.9. The summed E-state index contributed by atoms with van der Waals surface area (Å²) in [7, 11) is 1.86. The molecule has 1 aliphatic heterocycles. The SMILES string of the molecule is Cc1cc(Nc2ncccc2C)cc(C2CCCN(C(=O)C=Cc3cnn(C)c3)C2)n1. The van der Waals surface area contributed by atoms with Crippen LogP contribution in [0.1, 0.15) is 41.3 Å². The fourth-order valence-corrected chi connectivity index (χ4v) is 3.95. The molecule has 7 nitrogen and oxygen atoms in total. The second-order valence-corrected chi connectivity index (χ2v) is 8.12. The quantitative estimate of drug-likeness (QED) is 0.637. The van der Waals surface area contributed by atoms with E-state index in [-0.39, 0.29) is 11.8 Å². The van der Waals surface area contributed by atoms with E-state index in [4.69, 9.17) is 4.98 Å². The van der Waals surface area contributed by atoms with E-state index in [0.29, 0.717) is 6.54 Å². The molecule has 0 bridgehead atoms. The molecule has 1 atom stereocenters. The molecule has 0 aromatic carbocycles. The fraction of sp³-hybridized carbons (Fsp3) is 0.333. The Bertz CT molecular complexity index is 1100. The topological polar surface area (TPSA) is 75.9 Å². The third-order valence-corrected chi connectivity index (χ3v) is 5.54. The number of rotatable bonds is 5. The number of nitrogens with one attached hydrogen (secondary N) is 1. The van der Waals surface area contributed by atoms with Gasteiger partial charge in [-0.05, 0) is 56.5 Å². The maximum Gasteiger partial charge on any atom is 0.246 e. The van der Waals surface area contributed by atoms with E-state index in [2.05, 4.69) is 21.5 Å². The summed E-state index contributed by atoms with van der Waals surface area (Å²) in [6.45, 7) is 5.49. The number of aryl methyl sites for hydroxylation is 3. The molecule has 31 heavy (non-hydrogen) atoms. The van der Waals surface area contributed by atoms with Gasteiger partial charge < -0.3 is 10.2 Å². The number of aromatic nitrogens is 4. The zero-order valence-electron chi connectivity index (χ0n) is 18.2. The Morgan fingerprint density at radius 2 is 2.16 bits per heavy atom. The fourth-order valence-electron chi connectivity index (χ4n) is 3.95. The summed E-state index contributed by atoms with van der Waals surface area (Å²) in [5.41, 5.74) is 4.96. The molecule has 0 spiro atoms. The molecule has 7 heteroatoms. The monoisotopic (exact) mass is 416 g/mol. The summed E-state index contributed by atoms with van der Waals surface area (Å²) < 4.78 is 1.72. The maximum absolute atomic E-state index is 12.7. The molecule has 1 aliphatic rings. The Balaban J connectivity index is 1.47. The number of carbonyl (C=O) groups excluding carboxylic acids is 1. The van der Waals surface area contributed by atoms with Crippen LogP contribution in [-0.4, -0.2) is 43.6 Å². The van der Waals surface area contributed by atoms with Gasteiger partial charge >= 0.3 is 0 Å². The number of hydrogen-bond acceptors (Lipinski definition) is 5. The number of piperidine rings is 1. The number of amides is 1. The van der Waals surface area contributed by atoms with E-state index in [0.717, 1.165) is 53.4 Å². The van der Waals surface area contributed by atoms with Gasteiger partial charge in [-0.25, -0.2) is 4.98 Å². The van der Waals surface area contributed by atoms with Crippen LogP contribution in [0.2, 0.25) is 0 Å². The van der Waals surface area contributed by atoms with Crippen LogP contribution >= 0.6 is 0 Å². The predicted octanol–water partition coefficient (Wildman–Crippen LogP) is 3.99. The average Bonchev–Trinajstić information content (AvgIpc) is 3.18. The first-order valence-corrected chi connectivity index (χ1v) is 10.6. The minimum absolute atomic E-state index is 0.0312. The zero-order valence-corrected chi connectivity index (χ0v) is 18.2. The molecule has 1 unspecified atom stereocenters. The van der Waals surface area contributed by atoms with Crippen LogP contribution in [0.3, 0.4) is 0 Å². The molecule has 1 N–H and O–H groups in total. The van der Waals surface area contributed by atoms with Crippen molar-refractivity contribution in [1.29, 1.82) is 0 Å². The third-order valence-electron chi connectivity index (χ3n) is 5.54. The van der Waals surface area contributed by atoms with Crippen molar-refractivity contribution in [2.75, 3.05) is 18.4 Å². The highest BCUT2D eigenvalue weighted by molar-refractivity contribution is 5.91. The maximum atomic E-state index is 12.7. The van der Waals surface area contributed by atoms with Gasteiger partial charge in [0.15, 0.2) is 0 Å². The summed E-state index contributed by atoms with van der Waals surface area (Å²) >= 11 is 0. The molecule has 160 valence electrons. The van der Waals surface area contributed by atoms with Gasteiger partial charge in [0.1, 0.15) is 5.82 Å². The first-order chi connectivity index (χ1) is 15.0. The van der Waals surface area contributed by atoms with Crippen LogP contribution < -0.4 is 5.32 Å². The van der Waals surface area contributed by atoms with Gasteiger partial charge in [0.05, 0.1) is 6.20 Å². The van der Waals surface area contributed by atoms with Crippen molar-refractivity contribution in [2.24, 2.45) is 7.05 Å². The lowest BCUT2D eigenvalue weighted by Crippen LogP contribution is -2.38. The molecular weight excluding hydrogens is 388 g/mol. The average molecular weight is 417 g/mol. The number of pyridine rings is 2. The van der Waals surface area contributed by atoms with Gasteiger partial charge in [-0.3, -0.25) is 14.5 Å². The number of anilines is 2. The smallest absolute Gasteiger partial charge is 0.246 e. The summed E-state index contributed by atoms with van der Waals surface area (Å²) in [6.07, 6.45) is 10.9. The Labute approximate surface area is 182 Å². The van der Waals surface area contributed by atoms with E-state index < -0.39 is 0 Å². The van der Waals surface area contributed by atoms with Crippen LogP contribution in [0.15, 0.2) is 48.9 Å². The van der Waals surface area contributed by atoms with Crippen molar-refractivity contribution in [1.82, 2.24) is 24.6 Å². The number of carbonyl (C=O) groups is 1. The lowest BCUT2D eigenvalue weighted by molar-refractivity contribution is -0.127. The lowest BCUT2D eigenvalue weighted by atomic mass is 9.93. The van der Waals surface area contributed by atoms with E-state index in [9.17, 15) is 4.79 Å². The van der Waals surface area contributed by atoms with E-state index in [1.807, 2.05) is 56.3 Å². The highest BCUT2D eigenvalue weighted by Gasteiger charge is 2.25. The van der Waals surface area contributed by atoms with Crippen LogP contribution in [0, 0.1) is 13.8 Å². The first-order valence-electron chi connectivity index (χ1n) is 10.6. The van der Waals surface area contributed by atoms with Crippen molar-refractivity contribution >= 4 is 23.5 Å². The van der Waals surface area contributed by atoms with Crippen LogP contribution in [0.25, 0.3) is 6.08 Å². The minimum Gasteiger partial charge on any atom is -0.340 e. The van der Waals surface area contributed by atoms with E-state index in [1.165, 1.54) is 0 Å². The summed E-state index contributed by atoms with van der Waals surface area (Å²) in [5, 5.41) is 7.55. The van der Waals surface area contributed by atoms with Crippen LogP contribution in [0.4, 0.5) is 11.5 Å². The molecule has 1 saturated heterocycles. The molecule has 4 heterocycles. The molecule has 3 aromatic heterocycles. The molecule has 1 fully saturated rings. The van der Waals surface area contributed by atoms with Gasteiger partial charge in [-0.15, -0.1) is 0 Å². The second-order valence-electron chi connectivity index (χ2n) is 8.12. The normalized spacial score (nSPS) is 16.6. The van der Waals surface area contributed by atoms with Crippen molar-refractivity contribution in [3.8, 4) is 0 Å². The molecule has 3 aromatic rings. The summed E-state index contributed by atoms with van der Waals surface area (Å²) in [5.74, 6) is 1.10. The molecule has 1 amide bonds. The molecule has 0 aliphatic carbocycles. The summed E-state index contributed by atoms with van der Waals surface area (Å²) in [6, 6.07) is 8.08. The van der Waals surface area contributed by atoms with Gasteiger partial charge in [-0.1, -0.05) is 6.07 Å². The Morgan fingerprint density at radius 3 is 2.94 bits per heavy atom. The number of nitrogens with zero attached hydrogens (tertiary/aromatic N) is 5. The molecular formula is C24H28N6O. The molecule has 4 rings (SSSR count). The third kappa shape index (κ3) is 5.17. The Hall–Kier alpha value is -3.48. The Kier molecular flexibility index (Phi) is 6.11. The van der Waals surface area contributed by atoms with E-state index >= 15 is 0 Å². The highest BCUT2D eigenvalue weighted by Crippen LogP contribution is 2.29. The van der Waals surface area contributed by atoms with Gasteiger partial charge in [0, 0.05) is 67.2 Å². The highest BCUT2D eigenvalue weighted by atomic mass is 16.2. The largest absolute Gasteiger partial charge is 0.340 e. The lowest BCUT2D eigenvalue weighted by Gasteiger charge is -2.32. The van der Waals surface area contributed by atoms with Crippen molar-refractivity contribution in [3.63, 3.8) is 0 Å². The van der Waals surface area contributed by atoms with Crippen molar-refractivity contribution in [2.45, 2.75) is 32.6 Å². The zero-order chi connectivity index (χ0) is 21.8. The molecule has 0 saturated carbocycles. The van der Waals surface area contributed by atoms with Crippen LogP contribution in [0.5, 0.6) is 0 Å². The number of hydrogen-bond donors (Lipinski definition) is 1. The standard InChI is InChI=1S/C24H28N6O/c1-17-6-4-10-25-24(17)28-21-12-18(2)27-22(13-21)20-7-5-11-30(16-20)23(31)9-8-19-14-26-29(3)15-19/h4,6,8-10,12-15,20H,5,7,11,16H2,1-3H3,(H,25,27,28). The van der Waals surface area contributed by atoms with Crippen LogP contribution in [-0.2, 0) is 11.8 Å². The Morgan fingerprint density at radius 1 is 1.29 bits per heavy atom. The van der Waals surface area contributed by atoms with Crippen molar-refractivity contribution < 1.29 is 4.79 Å². The van der Waals surface area contributed by atoms with Crippen molar-refractivity contribution in [3.05, 3.63) is 71.4 Å². The van der Waals surface area contributed by atoms with E-state index in [1.54, 1.807) is 23.2 Å². The minimum atomic E-state index is 0.0312. The predicted molar refractivity (Wildman–Crippen MR) is 122 cm³/mol. The van der Waals surface area contributed by atoms with Gasteiger partial charge in [-0.2, -0.15) is 5.10 Å². The number of likely N-dealkylation sites (tertiary alicyclic amines) is 1. The first kappa shape index (κ1) is 20.8. The van der Waals surface area contributed by atoms with Gasteiger partial charge in [0.2, 0.25) is 5.91 Å². The second kappa shape index (κ2) is 9.12.